The van der Waals surface area contributed by atoms with E-state index in [0.717, 1.165) is 17.1 Å². The van der Waals surface area contributed by atoms with E-state index in [2.05, 4.69) is 231 Å². The van der Waals surface area contributed by atoms with Crippen LogP contribution in [0.2, 0.25) is 0 Å². The quantitative estimate of drug-likeness (QED) is 0.159. The largest absolute Gasteiger partial charge is 0.310 e. The second kappa shape index (κ2) is 13.7. The minimum atomic E-state index is -0.157. The number of rotatable bonds is 7. The zero-order chi connectivity index (χ0) is 37.6. The Morgan fingerprint density at radius 3 is 1.59 bits per heavy atom. The first kappa shape index (κ1) is 33.6. The van der Waals surface area contributed by atoms with Gasteiger partial charge in [0.1, 0.15) is 0 Å². The van der Waals surface area contributed by atoms with E-state index in [4.69, 9.17) is 0 Å². The second-order valence-electron chi connectivity index (χ2n) is 15.3. The van der Waals surface area contributed by atoms with E-state index in [0.29, 0.717) is 0 Å². The van der Waals surface area contributed by atoms with Gasteiger partial charge < -0.3 is 4.90 Å². The first-order chi connectivity index (χ1) is 27.5. The normalized spacial score (nSPS) is 12.6. The van der Waals surface area contributed by atoms with Gasteiger partial charge in [0.25, 0.3) is 0 Å². The Morgan fingerprint density at radius 1 is 0.321 bits per heavy atom. The number of hydrogen-bond acceptors (Lipinski definition) is 1. The Labute approximate surface area is 329 Å². The maximum absolute atomic E-state index is 2.48. The number of anilines is 3. The van der Waals surface area contributed by atoms with E-state index >= 15 is 0 Å². The lowest BCUT2D eigenvalue weighted by Gasteiger charge is -2.28. The van der Waals surface area contributed by atoms with Gasteiger partial charge in [0.15, 0.2) is 0 Å². The fraction of sp³-hybridized carbons (Fsp3) is 0.0545. The summed E-state index contributed by atoms with van der Waals surface area (Å²) >= 11 is 0. The van der Waals surface area contributed by atoms with Crippen LogP contribution in [0.3, 0.4) is 0 Å². The molecule has 1 nitrogen and oxygen atoms in total. The van der Waals surface area contributed by atoms with Crippen molar-refractivity contribution in [1.82, 2.24) is 0 Å². The SMILES string of the molecule is CC1(C)c2cc(-c3ccc(N(c4ccccc4)c4ccccc4-c4ccc5ccccc5c4)cc3)c(-c3ccccc3)cc2-c2c(-c3ccccc3)cccc21. The van der Waals surface area contributed by atoms with Crippen molar-refractivity contribution in [3.05, 3.63) is 223 Å². The van der Waals surface area contributed by atoms with E-state index in [1.807, 2.05) is 0 Å². The monoisotopic (exact) mass is 715 g/mol. The van der Waals surface area contributed by atoms with Gasteiger partial charge in [-0.2, -0.15) is 0 Å². The van der Waals surface area contributed by atoms with Crippen LogP contribution < -0.4 is 4.90 Å². The van der Waals surface area contributed by atoms with Crippen molar-refractivity contribution in [2.45, 2.75) is 19.3 Å². The summed E-state index contributed by atoms with van der Waals surface area (Å²) in [6.07, 6.45) is 0. The lowest BCUT2D eigenvalue weighted by molar-refractivity contribution is 0.661. The molecule has 0 saturated carbocycles. The summed E-state index contributed by atoms with van der Waals surface area (Å²) in [6.45, 7) is 4.76. The van der Waals surface area contributed by atoms with Gasteiger partial charge in [-0.15, -0.1) is 0 Å². The molecule has 0 N–H and O–H groups in total. The number of fused-ring (bicyclic) bond motifs is 4. The molecule has 9 aromatic carbocycles. The third-order valence-corrected chi connectivity index (χ3v) is 11.7. The topological polar surface area (TPSA) is 3.24 Å². The molecule has 1 heteroatoms. The zero-order valence-corrected chi connectivity index (χ0v) is 31.7. The lowest BCUT2D eigenvalue weighted by Crippen LogP contribution is -2.15. The molecule has 0 aliphatic heterocycles. The van der Waals surface area contributed by atoms with Gasteiger partial charge in [-0.25, -0.2) is 0 Å². The predicted octanol–water partition coefficient (Wildman–Crippen LogP) is 15.3. The van der Waals surface area contributed by atoms with Crippen LogP contribution in [0.25, 0.3) is 66.4 Å². The number of hydrogen-bond donors (Lipinski definition) is 0. The summed E-state index contributed by atoms with van der Waals surface area (Å²) in [5.41, 5.74) is 18.4. The fourth-order valence-corrected chi connectivity index (χ4v) is 8.85. The molecule has 56 heavy (non-hydrogen) atoms. The molecule has 0 unspecified atom stereocenters. The summed E-state index contributed by atoms with van der Waals surface area (Å²) in [4.78, 5) is 2.39. The van der Waals surface area contributed by atoms with Crippen molar-refractivity contribution >= 4 is 27.8 Å². The van der Waals surface area contributed by atoms with E-state index in [1.54, 1.807) is 0 Å². The van der Waals surface area contributed by atoms with Crippen molar-refractivity contribution in [3.63, 3.8) is 0 Å². The Kier molecular flexibility index (Phi) is 8.23. The molecule has 1 aliphatic carbocycles. The number of para-hydroxylation sites is 2. The molecule has 0 bridgehead atoms. The van der Waals surface area contributed by atoms with Crippen LogP contribution in [0.4, 0.5) is 17.1 Å². The molecule has 0 radical (unpaired) electrons. The van der Waals surface area contributed by atoms with Gasteiger partial charge in [0.2, 0.25) is 0 Å². The Bertz CT molecular complexity index is 2850. The Balaban J connectivity index is 1.12. The fourth-order valence-electron chi connectivity index (χ4n) is 8.85. The molecule has 0 atom stereocenters. The zero-order valence-electron chi connectivity index (χ0n) is 31.7. The summed E-state index contributed by atoms with van der Waals surface area (Å²) in [5, 5.41) is 2.48. The van der Waals surface area contributed by atoms with Crippen LogP contribution in [-0.2, 0) is 5.41 Å². The van der Waals surface area contributed by atoms with Gasteiger partial charge >= 0.3 is 0 Å². The summed E-state index contributed by atoms with van der Waals surface area (Å²) < 4.78 is 0. The highest BCUT2D eigenvalue weighted by molar-refractivity contribution is 5.98. The van der Waals surface area contributed by atoms with Crippen LogP contribution in [0, 0.1) is 0 Å². The maximum atomic E-state index is 2.48. The van der Waals surface area contributed by atoms with E-state index in [1.165, 1.54) is 77.5 Å². The molecular weight excluding hydrogens is 675 g/mol. The minimum Gasteiger partial charge on any atom is -0.310 e. The number of nitrogens with zero attached hydrogens (tertiary/aromatic N) is 1. The highest BCUT2D eigenvalue weighted by Gasteiger charge is 2.38. The van der Waals surface area contributed by atoms with E-state index in [-0.39, 0.29) is 5.41 Å². The summed E-state index contributed by atoms with van der Waals surface area (Å²) in [5.74, 6) is 0. The van der Waals surface area contributed by atoms with Crippen LogP contribution in [0.5, 0.6) is 0 Å². The third kappa shape index (κ3) is 5.72. The average molecular weight is 716 g/mol. The predicted molar refractivity (Wildman–Crippen MR) is 238 cm³/mol. The molecule has 0 saturated heterocycles. The molecule has 0 spiro atoms. The second-order valence-corrected chi connectivity index (χ2v) is 15.3. The van der Waals surface area contributed by atoms with Crippen LogP contribution in [0.1, 0.15) is 25.0 Å². The van der Waals surface area contributed by atoms with Crippen molar-refractivity contribution in [1.29, 1.82) is 0 Å². The smallest absolute Gasteiger partial charge is 0.0540 e. The minimum absolute atomic E-state index is 0.157. The van der Waals surface area contributed by atoms with Gasteiger partial charge in [-0.1, -0.05) is 178 Å². The van der Waals surface area contributed by atoms with Crippen molar-refractivity contribution in [2.75, 3.05) is 4.90 Å². The Morgan fingerprint density at radius 2 is 0.857 bits per heavy atom. The van der Waals surface area contributed by atoms with Crippen LogP contribution in [-0.4, -0.2) is 0 Å². The van der Waals surface area contributed by atoms with Crippen LogP contribution >= 0.6 is 0 Å². The molecule has 9 aromatic rings. The molecule has 0 fully saturated rings. The molecule has 0 aromatic heterocycles. The van der Waals surface area contributed by atoms with E-state index in [9.17, 15) is 0 Å². The molecule has 0 amide bonds. The van der Waals surface area contributed by atoms with Gasteiger partial charge in [0, 0.05) is 22.4 Å². The van der Waals surface area contributed by atoms with Crippen molar-refractivity contribution in [2.24, 2.45) is 0 Å². The van der Waals surface area contributed by atoms with Crippen molar-refractivity contribution < 1.29 is 0 Å². The maximum Gasteiger partial charge on any atom is 0.0540 e. The summed E-state index contributed by atoms with van der Waals surface area (Å²) in [7, 11) is 0. The van der Waals surface area contributed by atoms with Crippen molar-refractivity contribution in [3.8, 4) is 55.6 Å². The standard InChI is InChI=1S/C55H41N/c1-55(2)51-27-16-26-47(39-18-6-3-7-19-39)54(51)50-36-48(40-20-8-4-9-21-40)49(37-52(50)55)41-31-33-45(34-32-41)56(44-23-10-5-11-24-44)53-28-15-14-25-46(53)43-30-29-38-17-12-13-22-42(38)35-43/h3-37H,1-2H3. The highest BCUT2D eigenvalue weighted by atomic mass is 15.1. The third-order valence-electron chi connectivity index (χ3n) is 11.7. The first-order valence-electron chi connectivity index (χ1n) is 19.5. The molecule has 10 rings (SSSR count). The van der Waals surface area contributed by atoms with Gasteiger partial charge in [0.05, 0.1) is 5.69 Å². The van der Waals surface area contributed by atoms with Gasteiger partial charge in [-0.05, 0) is 121 Å². The summed E-state index contributed by atoms with van der Waals surface area (Å²) in [6, 6.07) is 77.5. The van der Waals surface area contributed by atoms with E-state index < -0.39 is 0 Å². The molecule has 1 aliphatic rings. The number of benzene rings is 9. The average Bonchev–Trinajstić information content (AvgIpc) is 3.49. The van der Waals surface area contributed by atoms with Gasteiger partial charge in [-0.3, -0.25) is 0 Å². The molecular formula is C55H41N. The molecule has 0 heterocycles. The van der Waals surface area contributed by atoms with Crippen LogP contribution in [0.15, 0.2) is 212 Å². The Hall–Kier alpha value is -6.96. The molecule has 266 valence electrons. The highest BCUT2D eigenvalue weighted by Crippen LogP contribution is 2.55. The lowest BCUT2D eigenvalue weighted by atomic mass is 9.80. The first-order valence-corrected chi connectivity index (χ1v) is 19.5.